The molecule has 0 amide bonds. The van der Waals surface area contributed by atoms with E-state index in [-0.39, 0.29) is 0 Å². The fourth-order valence-electron chi connectivity index (χ4n) is 2.69. The third-order valence-electron chi connectivity index (χ3n) is 3.79. The Balaban J connectivity index is 2.53. The normalized spacial score (nSPS) is 16.7. The topological polar surface area (TPSA) is 68.8 Å². The Morgan fingerprint density at radius 3 is 2.65 bits per heavy atom. The molecule has 6 nitrogen and oxygen atoms in total. The van der Waals surface area contributed by atoms with Crippen molar-refractivity contribution < 1.29 is 19.0 Å². The van der Waals surface area contributed by atoms with Gasteiger partial charge in [-0.1, -0.05) is 6.92 Å². The highest BCUT2D eigenvalue weighted by atomic mass is 79.9. The van der Waals surface area contributed by atoms with Crippen molar-refractivity contribution in [3.63, 3.8) is 0 Å². The second-order valence-electron chi connectivity index (χ2n) is 5.67. The van der Waals surface area contributed by atoms with Crippen molar-refractivity contribution in [1.82, 2.24) is 10.6 Å². The summed E-state index contributed by atoms with van der Waals surface area (Å²) in [5.41, 5.74) is 1.94. The number of allylic oxidation sites excluding steroid dienone is 1. The number of benzene rings is 1. The molecule has 142 valence electrons. The van der Waals surface area contributed by atoms with Gasteiger partial charge in [0, 0.05) is 5.70 Å². The number of ether oxygens (including phenoxy) is 3. The highest BCUT2D eigenvalue weighted by molar-refractivity contribution is 9.10. The van der Waals surface area contributed by atoms with Gasteiger partial charge in [0.05, 0.1) is 36.4 Å². The molecule has 0 spiro atoms. The van der Waals surface area contributed by atoms with E-state index < -0.39 is 12.0 Å². The number of halogens is 1. The standard InChI is InChI=1S/C18H23BrN2O4S/c1-5-7-25-16-12(19)8-11(9-13(16)24-6-2)15-14(17(22)23-4)10(3)20-18(26)21-15/h8-9,15H,5-7H2,1-4H3,(H2,20,21,26). The van der Waals surface area contributed by atoms with Crippen LogP contribution in [0.3, 0.4) is 0 Å². The maximum atomic E-state index is 12.3. The maximum Gasteiger partial charge on any atom is 0.337 e. The quantitative estimate of drug-likeness (QED) is 0.493. The van der Waals surface area contributed by atoms with Gasteiger partial charge in [0.15, 0.2) is 16.6 Å². The van der Waals surface area contributed by atoms with Crippen molar-refractivity contribution in [2.24, 2.45) is 0 Å². The van der Waals surface area contributed by atoms with E-state index in [1.165, 1.54) is 7.11 Å². The van der Waals surface area contributed by atoms with Gasteiger partial charge >= 0.3 is 5.97 Å². The van der Waals surface area contributed by atoms with Crippen LogP contribution in [0.25, 0.3) is 0 Å². The number of nitrogens with one attached hydrogen (secondary N) is 2. The minimum Gasteiger partial charge on any atom is -0.490 e. The van der Waals surface area contributed by atoms with Crippen molar-refractivity contribution in [3.05, 3.63) is 33.4 Å². The Kier molecular flexibility index (Phi) is 7.28. The van der Waals surface area contributed by atoms with Gasteiger partial charge in [-0.2, -0.15) is 0 Å². The van der Waals surface area contributed by atoms with Crippen LogP contribution in [0.4, 0.5) is 0 Å². The number of methoxy groups -OCH3 is 1. The third-order valence-corrected chi connectivity index (χ3v) is 4.60. The summed E-state index contributed by atoms with van der Waals surface area (Å²) in [5, 5.41) is 6.55. The zero-order valence-electron chi connectivity index (χ0n) is 15.3. The molecular formula is C18H23BrN2O4S. The number of carbonyl (C=O) groups excluding carboxylic acids is 1. The molecule has 0 bridgehead atoms. The van der Waals surface area contributed by atoms with Crippen LogP contribution >= 0.6 is 28.1 Å². The molecule has 1 aromatic carbocycles. The minimum atomic E-state index is -0.452. The molecule has 1 aliphatic heterocycles. The molecule has 1 aliphatic rings. The Morgan fingerprint density at radius 1 is 1.31 bits per heavy atom. The lowest BCUT2D eigenvalue weighted by Gasteiger charge is -2.30. The van der Waals surface area contributed by atoms with E-state index in [1.807, 2.05) is 26.0 Å². The van der Waals surface area contributed by atoms with E-state index in [0.29, 0.717) is 41.1 Å². The smallest absolute Gasteiger partial charge is 0.337 e. The zero-order valence-corrected chi connectivity index (χ0v) is 17.7. The van der Waals surface area contributed by atoms with E-state index in [2.05, 4.69) is 26.6 Å². The molecule has 0 aliphatic carbocycles. The van der Waals surface area contributed by atoms with Crippen LogP contribution in [-0.2, 0) is 9.53 Å². The van der Waals surface area contributed by atoms with Crippen LogP contribution in [0.1, 0.15) is 38.8 Å². The summed E-state index contributed by atoms with van der Waals surface area (Å²) >= 11 is 8.82. The Labute approximate surface area is 167 Å². The summed E-state index contributed by atoms with van der Waals surface area (Å²) in [6, 6.07) is 3.31. The molecule has 0 aromatic heterocycles. The molecular weight excluding hydrogens is 420 g/mol. The fraction of sp³-hybridized carbons (Fsp3) is 0.444. The summed E-state index contributed by atoms with van der Waals surface area (Å²) in [6.07, 6.45) is 0.887. The van der Waals surface area contributed by atoms with Gasteiger partial charge in [-0.25, -0.2) is 4.79 Å². The average Bonchev–Trinajstić information content (AvgIpc) is 2.60. The molecule has 0 radical (unpaired) electrons. The molecule has 1 atom stereocenters. The van der Waals surface area contributed by atoms with Crippen molar-refractivity contribution in [2.75, 3.05) is 20.3 Å². The molecule has 0 fully saturated rings. The number of carbonyl (C=O) groups is 1. The largest absolute Gasteiger partial charge is 0.490 e. The number of esters is 1. The second kappa shape index (κ2) is 9.23. The van der Waals surface area contributed by atoms with Crippen LogP contribution in [0.5, 0.6) is 11.5 Å². The van der Waals surface area contributed by atoms with E-state index in [4.69, 9.17) is 26.4 Å². The lowest BCUT2D eigenvalue weighted by molar-refractivity contribution is -0.136. The van der Waals surface area contributed by atoms with Crippen molar-refractivity contribution in [2.45, 2.75) is 33.2 Å². The average molecular weight is 443 g/mol. The Morgan fingerprint density at radius 2 is 2.04 bits per heavy atom. The number of thiocarbonyl (C=S) groups is 1. The van der Waals surface area contributed by atoms with Crippen LogP contribution in [0.15, 0.2) is 27.9 Å². The van der Waals surface area contributed by atoms with Gasteiger partial charge in [0.25, 0.3) is 0 Å². The molecule has 1 aromatic rings. The first-order valence-electron chi connectivity index (χ1n) is 8.38. The molecule has 1 unspecified atom stereocenters. The van der Waals surface area contributed by atoms with Gasteiger partial charge in [0.2, 0.25) is 0 Å². The van der Waals surface area contributed by atoms with Crippen molar-refractivity contribution in [1.29, 1.82) is 0 Å². The van der Waals surface area contributed by atoms with Crippen molar-refractivity contribution in [3.8, 4) is 11.5 Å². The van der Waals surface area contributed by atoms with Gasteiger partial charge in [-0.3, -0.25) is 0 Å². The predicted molar refractivity (Wildman–Crippen MR) is 107 cm³/mol. The van der Waals surface area contributed by atoms with Crippen molar-refractivity contribution >= 4 is 39.2 Å². The van der Waals surface area contributed by atoms with E-state index in [9.17, 15) is 4.79 Å². The summed E-state index contributed by atoms with van der Waals surface area (Å²) in [6.45, 7) is 6.82. The first kappa shape index (κ1) is 20.5. The first-order valence-corrected chi connectivity index (χ1v) is 9.58. The molecule has 2 rings (SSSR count). The molecule has 8 heteroatoms. The van der Waals surface area contributed by atoms with E-state index >= 15 is 0 Å². The molecule has 2 N–H and O–H groups in total. The first-order chi connectivity index (χ1) is 12.4. The van der Waals surface area contributed by atoms with Gasteiger partial charge < -0.3 is 24.8 Å². The Hall–Kier alpha value is -1.80. The van der Waals surface area contributed by atoms with Gasteiger partial charge in [0.1, 0.15) is 0 Å². The van der Waals surface area contributed by atoms with Crippen LogP contribution in [-0.4, -0.2) is 31.4 Å². The predicted octanol–water partition coefficient (Wildman–Crippen LogP) is 3.60. The number of hydrogen-bond acceptors (Lipinski definition) is 5. The number of hydrogen-bond donors (Lipinski definition) is 2. The molecule has 1 heterocycles. The van der Waals surface area contributed by atoms with Gasteiger partial charge in [-0.15, -0.1) is 0 Å². The third kappa shape index (κ3) is 4.48. The summed E-state index contributed by atoms with van der Waals surface area (Å²) < 4.78 is 17.3. The van der Waals surface area contributed by atoms with E-state index in [0.717, 1.165) is 16.5 Å². The molecule has 0 saturated heterocycles. The minimum absolute atomic E-state index is 0.421. The highest BCUT2D eigenvalue weighted by Gasteiger charge is 2.31. The van der Waals surface area contributed by atoms with Crippen LogP contribution < -0.4 is 20.1 Å². The lowest BCUT2D eigenvalue weighted by Crippen LogP contribution is -2.45. The maximum absolute atomic E-state index is 12.3. The van der Waals surface area contributed by atoms with Crippen LogP contribution in [0.2, 0.25) is 0 Å². The Bertz CT molecular complexity index is 736. The SMILES string of the molecule is CCCOc1c(Br)cc(C2NC(=S)NC(C)=C2C(=O)OC)cc1OCC. The summed E-state index contributed by atoms with van der Waals surface area (Å²) in [5.74, 6) is 0.836. The second-order valence-corrected chi connectivity index (χ2v) is 6.94. The summed E-state index contributed by atoms with van der Waals surface area (Å²) in [4.78, 5) is 12.3. The zero-order chi connectivity index (χ0) is 19.3. The summed E-state index contributed by atoms with van der Waals surface area (Å²) in [7, 11) is 1.36. The highest BCUT2D eigenvalue weighted by Crippen LogP contribution is 2.40. The number of rotatable bonds is 7. The molecule has 0 saturated carbocycles. The van der Waals surface area contributed by atoms with Crippen LogP contribution in [0, 0.1) is 0 Å². The van der Waals surface area contributed by atoms with E-state index in [1.54, 1.807) is 6.92 Å². The monoisotopic (exact) mass is 442 g/mol. The lowest BCUT2D eigenvalue weighted by atomic mass is 9.95. The molecule has 26 heavy (non-hydrogen) atoms. The fourth-order valence-corrected chi connectivity index (χ4v) is 3.53. The van der Waals surface area contributed by atoms with Gasteiger partial charge in [-0.05, 0) is 66.1 Å².